The van der Waals surface area contributed by atoms with Crippen molar-refractivity contribution < 1.29 is 34.1 Å². The molecule has 13 nitrogen and oxygen atoms in total. The van der Waals surface area contributed by atoms with Crippen LogP contribution in [0.1, 0.15) is 17.5 Å². The molecule has 3 aliphatic carbocycles. The van der Waals surface area contributed by atoms with E-state index in [9.17, 15) is 35.0 Å². The summed E-state index contributed by atoms with van der Waals surface area (Å²) in [5, 5.41) is 44.0. The van der Waals surface area contributed by atoms with Crippen LogP contribution in [0.4, 0.5) is 5.69 Å². The van der Waals surface area contributed by atoms with Crippen molar-refractivity contribution in [3.63, 3.8) is 0 Å². The number of Topliss-reactive ketones (excluding diaryl/α,β-unsaturated/α-hetero) is 2. The van der Waals surface area contributed by atoms with Crippen LogP contribution in [0.2, 0.25) is 0 Å². The number of nitrogen functional groups attached to an aromatic ring is 1. The van der Waals surface area contributed by atoms with E-state index >= 15 is 0 Å². The van der Waals surface area contributed by atoms with Gasteiger partial charge in [-0.3, -0.25) is 19.3 Å². The molecule has 1 fully saturated rings. The van der Waals surface area contributed by atoms with E-state index in [1.54, 1.807) is 12.1 Å². The van der Waals surface area contributed by atoms with E-state index < -0.39 is 74.8 Å². The Morgan fingerprint density at radius 3 is 2.44 bits per heavy atom. The summed E-state index contributed by atoms with van der Waals surface area (Å²) in [6.07, 6.45) is 2.16. The van der Waals surface area contributed by atoms with Crippen LogP contribution in [-0.2, 0) is 20.8 Å². The SMILES string of the molecule is CN(C)[C@@H]1C(=O)C(C(N)=O)=C(O)[C@@]2(C#N)C(=O)C3=C(O)c4c(O)c(N)cc(-c5ccoc5)c4C[C@@]3(N)C[C@@]12N. The molecule has 1 aromatic carbocycles. The number of carbonyl (C=O) groups excluding carboxylic acids is 3. The highest BCUT2D eigenvalue weighted by molar-refractivity contribution is 6.25. The van der Waals surface area contributed by atoms with Gasteiger partial charge in [0, 0.05) is 5.56 Å². The largest absolute Gasteiger partial charge is 0.509 e. The van der Waals surface area contributed by atoms with Crippen molar-refractivity contribution in [1.82, 2.24) is 4.90 Å². The minimum atomic E-state index is -2.73. The molecule has 0 radical (unpaired) electrons. The summed E-state index contributed by atoms with van der Waals surface area (Å²) in [5.41, 5.74) is 17.9. The number of phenols is 1. The predicted octanol–water partition coefficient (Wildman–Crippen LogP) is -0.252. The second-order valence-corrected chi connectivity index (χ2v) is 10.5. The Hall–Kier alpha value is -4.64. The van der Waals surface area contributed by atoms with Gasteiger partial charge in [0.2, 0.25) is 0 Å². The monoisotopic (exact) mass is 534 g/mol. The zero-order valence-corrected chi connectivity index (χ0v) is 21.0. The highest BCUT2D eigenvalue weighted by atomic mass is 16.3. The number of benzene rings is 1. The maximum atomic E-state index is 14.3. The highest BCUT2D eigenvalue weighted by Gasteiger charge is 2.74. The van der Waals surface area contributed by atoms with E-state index in [0.717, 1.165) is 0 Å². The van der Waals surface area contributed by atoms with Crippen molar-refractivity contribution >= 4 is 28.9 Å². The Morgan fingerprint density at radius 2 is 1.90 bits per heavy atom. The molecule has 2 aromatic rings. The predicted molar refractivity (Wildman–Crippen MR) is 136 cm³/mol. The molecular weight excluding hydrogens is 508 g/mol. The van der Waals surface area contributed by atoms with Gasteiger partial charge in [-0.15, -0.1) is 0 Å². The fourth-order valence-electron chi connectivity index (χ4n) is 6.60. The van der Waals surface area contributed by atoms with Crippen LogP contribution >= 0.6 is 0 Å². The smallest absolute Gasteiger partial charge is 0.255 e. The number of carbonyl (C=O) groups is 3. The second-order valence-electron chi connectivity index (χ2n) is 10.5. The van der Waals surface area contributed by atoms with Crippen molar-refractivity contribution in [2.75, 3.05) is 19.8 Å². The Kier molecular flexibility index (Phi) is 5.29. The summed E-state index contributed by atoms with van der Waals surface area (Å²) in [7, 11) is 2.90. The molecule has 1 saturated carbocycles. The lowest BCUT2D eigenvalue weighted by atomic mass is 9.47. The van der Waals surface area contributed by atoms with Gasteiger partial charge in [0.25, 0.3) is 5.91 Å². The number of hydrogen-bond acceptors (Lipinski definition) is 12. The lowest BCUT2D eigenvalue weighted by molar-refractivity contribution is -0.139. The van der Waals surface area contributed by atoms with Gasteiger partial charge in [-0.25, -0.2) is 0 Å². The number of phenolic OH excluding ortho intramolecular Hbond substituents is 1. The molecule has 202 valence electrons. The Bertz CT molecular complexity index is 1600. The van der Waals surface area contributed by atoms with Crippen molar-refractivity contribution in [2.45, 2.75) is 30.0 Å². The van der Waals surface area contributed by atoms with Gasteiger partial charge in [0.05, 0.1) is 52.5 Å². The normalized spacial score (nSPS) is 30.1. The van der Waals surface area contributed by atoms with E-state index in [-0.39, 0.29) is 17.7 Å². The third kappa shape index (κ3) is 2.96. The molecule has 4 atom stereocenters. The molecule has 11 N–H and O–H groups in total. The summed E-state index contributed by atoms with van der Waals surface area (Å²) in [6, 6.07) is 3.33. The number of aromatic hydroxyl groups is 1. The average Bonchev–Trinajstić information content (AvgIpc) is 3.34. The number of primary amides is 1. The third-order valence-electron chi connectivity index (χ3n) is 8.11. The van der Waals surface area contributed by atoms with Crippen LogP contribution in [-0.4, -0.2) is 68.9 Å². The molecule has 13 heteroatoms. The number of nitrogens with zero attached hydrogens (tertiary/aromatic N) is 2. The number of likely N-dealkylation sites (N-methyl/N-ethyl adjacent to an activating group) is 1. The average molecular weight is 535 g/mol. The molecular formula is C26H26N6O7. The number of nitriles is 1. The maximum absolute atomic E-state index is 14.3. The second kappa shape index (κ2) is 7.93. The number of rotatable bonds is 3. The summed E-state index contributed by atoms with van der Waals surface area (Å²) < 4.78 is 5.18. The fourth-order valence-corrected chi connectivity index (χ4v) is 6.60. The van der Waals surface area contributed by atoms with Crippen molar-refractivity contribution in [2.24, 2.45) is 22.6 Å². The van der Waals surface area contributed by atoms with Crippen molar-refractivity contribution in [1.29, 1.82) is 5.26 Å². The topological polar surface area (TPSA) is 256 Å². The first-order valence-electron chi connectivity index (χ1n) is 11.8. The molecule has 0 bridgehead atoms. The van der Waals surface area contributed by atoms with Gasteiger partial charge in [-0.2, -0.15) is 5.26 Å². The standard InChI is InChI=1S/C26H26N6O7/c1-32(2)20-19(35)15(23(29)38)21(36)25(9-27)22(37)16-18(34)14-12(6-24(16,30)8-26(20,25)31)11(5-13(28)17(14)33)10-3-4-39-7-10/h3-5,7,20,33-34,36H,6,8,28,30-31H2,1-2H3,(H2,29,38)/t20-,24-,25+,26-/m1/s1. The molecule has 39 heavy (non-hydrogen) atoms. The number of furan rings is 1. The van der Waals surface area contributed by atoms with Crippen LogP contribution < -0.4 is 22.9 Å². The summed E-state index contributed by atoms with van der Waals surface area (Å²) in [4.78, 5) is 41.3. The molecule has 0 spiro atoms. The first-order chi connectivity index (χ1) is 18.2. The number of aliphatic hydroxyl groups is 2. The maximum Gasteiger partial charge on any atom is 0.255 e. The first kappa shape index (κ1) is 26.0. The number of anilines is 1. The number of fused-ring (bicyclic) bond motifs is 3. The molecule has 1 amide bonds. The fraction of sp³-hybridized carbons (Fsp3) is 0.308. The lowest BCUT2D eigenvalue weighted by Crippen LogP contribution is -2.80. The Morgan fingerprint density at radius 1 is 1.23 bits per heavy atom. The van der Waals surface area contributed by atoms with E-state index in [1.807, 2.05) is 0 Å². The van der Waals surface area contributed by atoms with Crippen molar-refractivity contribution in [3.05, 3.63) is 52.7 Å². The molecule has 0 saturated heterocycles. The number of ketones is 2. The molecule has 5 rings (SSSR count). The summed E-state index contributed by atoms with van der Waals surface area (Å²) >= 11 is 0. The van der Waals surface area contributed by atoms with E-state index in [1.165, 1.54) is 37.6 Å². The first-order valence-corrected chi connectivity index (χ1v) is 11.8. The number of amides is 1. The molecule has 1 heterocycles. The van der Waals surface area contributed by atoms with Gasteiger partial charge in [0.1, 0.15) is 22.8 Å². The van der Waals surface area contributed by atoms with Crippen LogP contribution in [0.3, 0.4) is 0 Å². The number of hydrogen-bond donors (Lipinski definition) is 7. The summed E-state index contributed by atoms with van der Waals surface area (Å²) in [5.74, 6) is -6.09. The zero-order valence-electron chi connectivity index (χ0n) is 21.0. The van der Waals surface area contributed by atoms with E-state index in [2.05, 4.69) is 0 Å². The van der Waals surface area contributed by atoms with Gasteiger partial charge >= 0.3 is 0 Å². The minimum absolute atomic E-state index is 0.122. The lowest BCUT2D eigenvalue weighted by Gasteiger charge is -2.58. The van der Waals surface area contributed by atoms with Crippen LogP contribution in [0.25, 0.3) is 16.9 Å². The zero-order chi connectivity index (χ0) is 28.8. The number of aliphatic hydroxyl groups excluding tert-OH is 2. The van der Waals surface area contributed by atoms with E-state index in [4.69, 9.17) is 27.4 Å². The van der Waals surface area contributed by atoms with Gasteiger partial charge < -0.3 is 42.7 Å². The van der Waals surface area contributed by atoms with E-state index in [0.29, 0.717) is 16.7 Å². The summed E-state index contributed by atoms with van der Waals surface area (Å²) in [6.45, 7) is 0. The minimum Gasteiger partial charge on any atom is -0.509 e. The Labute approximate surface area is 221 Å². The Balaban J connectivity index is 1.89. The molecule has 0 aliphatic heterocycles. The third-order valence-corrected chi connectivity index (χ3v) is 8.11. The highest BCUT2D eigenvalue weighted by Crippen LogP contribution is 2.59. The van der Waals surface area contributed by atoms with Gasteiger partial charge in [-0.1, -0.05) is 0 Å². The van der Waals surface area contributed by atoms with Gasteiger partial charge in [0.15, 0.2) is 17.0 Å². The van der Waals surface area contributed by atoms with Gasteiger partial charge in [-0.05, 0) is 50.2 Å². The quantitative estimate of drug-likeness (QED) is 0.153. The molecule has 3 aliphatic rings. The molecule has 0 unspecified atom stereocenters. The van der Waals surface area contributed by atoms with Crippen LogP contribution in [0.5, 0.6) is 5.75 Å². The number of nitrogens with two attached hydrogens (primary N) is 4. The van der Waals surface area contributed by atoms with Crippen LogP contribution in [0.15, 0.2) is 46.0 Å². The van der Waals surface area contributed by atoms with Crippen LogP contribution in [0, 0.1) is 16.7 Å². The van der Waals surface area contributed by atoms with Crippen molar-refractivity contribution in [3.8, 4) is 22.9 Å². The molecule has 1 aromatic heterocycles.